The van der Waals surface area contributed by atoms with Crippen LogP contribution in [0.2, 0.25) is 0 Å². The molecule has 8 nitrogen and oxygen atoms in total. The summed E-state index contributed by atoms with van der Waals surface area (Å²) in [4.78, 5) is 29.9. The maximum Gasteiger partial charge on any atom is 0.410 e. The first-order chi connectivity index (χ1) is 14.7. The number of piperidine rings is 1. The predicted molar refractivity (Wildman–Crippen MR) is 115 cm³/mol. The third kappa shape index (κ3) is 6.54. The number of carbonyl (C=O) groups is 2. The van der Waals surface area contributed by atoms with E-state index in [2.05, 4.69) is 10.1 Å². The topological polar surface area (TPSA) is 94.8 Å². The van der Waals surface area contributed by atoms with Crippen LogP contribution in [0.4, 0.5) is 4.79 Å². The number of likely N-dealkylation sites (tertiary alicyclic amines) is 1. The maximum absolute atomic E-state index is 12.2. The summed E-state index contributed by atoms with van der Waals surface area (Å²) in [6, 6.07) is 6.88. The van der Waals surface area contributed by atoms with Gasteiger partial charge in [0, 0.05) is 25.1 Å². The van der Waals surface area contributed by atoms with E-state index in [0.29, 0.717) is 23.2 Å². The van der Waals surface area contributed by atoms with Gasteiger partial charge in [-0.2, -0.15) is 4.98 Å². The number of ether oxygens (including phenoxy) is 2. The Morgan fingerprint density at radius 3 is 2.45 bits per heavy atom. The van der Waals surface area contributed by atoms with Crippen molar-refractivity contribution in [3.05, 3.63) is 35.7 Å². The van der Waals surface area contributed by atoms with Gasteiger partial charge < -0.3 is 18.9 Å². The van der Waals surface area contributed by atoms with E-state index in [1.54, 1.807) is 29.2 Å². The van der Waals surface area contributed by atoms with Gasteiger partial charge in [-0.3, -0.25) is 0 Å². The monoisotopic (exact) mass is 429 g/mol. The van der Waals surface area contributed by atoms with Crippen LogP contribution in [0.25, 0.3) is 11.5 Å². The smallest absolute Gasteiger partial charge is 0.410 e. The highest BCUT2D eigenvalue weighted by Gasteiger charge is 2.26. The van der Waals surface area contributed by atoms with Crippen LogP contribution in [0.1, 0.15) is 62.6 Å². The van der Waals surface area contributed by atoms with Gasteiger partial charge in [-0.25, -0.2) is 9.59 Å². The first-order valence-corrected chi connectivity index (χ1v) is 10.7. The first-order valence-electron chi connectivity index (χ1n) is 10.7. The lowest BCUT2D eigenvalue weighted by atomic mass is 9.91. The molecule has 2 aromatic rings. The predicted octanol–water partition coefficient (Wildman–Crippen LogP) is 4.49. The van der Waals surface area contributed by atoms with Gasteiger partial charge in [0.15, 0.2) is 5.82 Å². The number of amides is 1. The van der Waals surface area contributed by atoms with Crippen molar-refractivity contribution < 1.29 is 23.6 Å². The molecule has 1 aliphatic rings. The molecular weight excluding hydrogens is 398 g/mol. The molecule has 8 heteroatoms. The molecule has 1 aromatic heterocycles. The minimum Gasteiger partial charge on any atom is -0.465 e. The minimum absolute atomic E-state index is 0.218. The highest BCUT2D eigenvalue weighted by Crippen LogP contribution is 2.24. The molecule has 1 fully saturated rings. The second-order valence-corrected chi connectivity index (χ2v) is 8.89. The Morgan fingerprint density at radius 1 is 1.16 bits per heavy atom. The molecule has 0 N–H and O–H groups in total. The van der Waals surface area contributed by atoms with E-state index >= 15 is 0 Å². The van der Waals surface area contributed by atoms with Gasteiger partial charge in [-0.15, -0.1) is 0 Å². The Labute approximate surface area is 182 Å². The van der Waals surface area contributed by atoms with E-state index in [-0.39, 0.29) is 12.1 Å². The van der Waals surface area contributed by atoms with Crippen LogP contribution in [-0.2, 0) is 15.9 Å². The third-order valence-corrected chi connectivity index (χ3v) is 5.30. The average Bonchev–Trinajstić information content (AvgIpc) is 3.21. The number of nitrogens with zero attached hydrogens (tertiary/aromatic N) is 3. The molecular formula is C23H31N3O5. The van der Waals surface area contributed by atoms with Gasteiger partial charge >= 0.3 is 12.1 Å². The van der Waals surface area contributed by atoms with E-state index in [0.717, 1.165) is 50.8 Å². The van der Waals surface area contributed by atoms with Gasteiger partial charge in [-0.1, -0.05) is 5.16 Å². The number of benzene rings is 1. The summed E-state index contributed by atoms with van der Waals surface area (Å²) in [5.74, 6) is 1.33. The maximum atomic E-state index is 12.2. The summed E-state index contributed by atoms with van der Waals surface area (Å²) in [5, 5.41) is 4.07. The van der Waals surface area contributed by atoms with Crippen LogP contribution in [0.15, 0.2) is 28.8 Å². The number of rotatable bonds is 6. The Morgan fingerprint density at radius 2 is 1.84 bits per heavy atom. The zero-order valence-corrected chi connectivity index (χ0v) is 18.7. The first kappa shape index (κ1) is 22.8. The van der Waals surface area contributed by atoms with Gasteiger partial charge in [0.1, 0.15) is 5.60 Å². The lowest BCUT2D eigenvalue weighted by Crippen LogP contribution is -2.41. The molecule has 0 bridgehead atoms. The average molecular weight is 430 g/mol. The fourth-order valence-electron chi connectivity index (χ4n) is 3.62. The summed E-state index contributed by atoms with van der Waals surface area (Å²) in [7, 11) is 1.35. The molecule has 0 saturated carbocycles. The molecule has 168 valence electrons. The summed E-state index contributed by atoms with van der Waals surface area (Å²) in [6.07, 6.45) is 4.55. The highest BCUT2D eigenvalue weighted by molar-refractivity contribution is 5.89. The van der Waals surface area contributed by atoms with Crippen LogP contribution in [-0.4, -0.2) is 52.9 Å². The Bertz CT molecular complexity index is 877. The number of aromatic nitrogens is 2. The zero-order chi connectivity index (χ0) is 22.4. The summed E-state index contributed by atoms with van der Waals surface area (Å²) in [6.45, 7) is 7.15. The van der Waals surface area contributed by atoms with Crippen molar-refractivity contribution in [2.45, 2.75) is 58.5 Å². The number of aryl methyl sites for hydroxylation is 1. The molecule has 0 radical (unpaired) electrons. The second-order valence-electron chi connectivity index (χ2n) is 8.89. The second kappa shape index (κ2) is 9.94. The van der Waals surface area contributed by atoms with Gasteiger partial charge in [0.2, 0.25) is 0 Å². The van der Waals surface area contributed by atoms with E-state index in [1.165, 1.54) is 7.11 Å². The van der Waals surface area contributed by atoms with Crippen molar-refractivity contribution in [1.29, 1.82) is 0 Å². The van der Waals surface area contributed by atoms with Crippen molar-refractivity contribution in [1.82, 2.24) is 15.0 Å². The lowest BCUT2D eigenvalue weighted by Gasteiger charge is -2.33. The van der Waals surface area contributed by atoms with Crippen molar-refractivity contribution in [3.8, 4) is 11.5 Å². The van der Waals surface area contributed by atoms with E-state index in [9.17, 15) is 9.59 Å². The number of methoxy groups -OCH3 is 1. The normalized spacial score (nSPS) is 15.0. The SMILES string of the molecule is COC(=O)c1ccc(-c2nc(CCCC3CCN(C(=O)OC(C)(C)C)CC3)no2)cc1. The van der Waals surface area contributed by atoms with Gasteiger partial charge in [-0.05, 0) is 76.6 Å². The third-order valence-electron chi connectivity index (χ3n) is 5.30. The molecule has 3 rings (SSSR count). The van der Waals surface area contributed by atoms with Crippen molar-refractivity contribution in [2.24, 2.45) is 5.92 Å². The largest absolute Gasteiger partial charge is 0.465 e. The van der Waals surface area contributed by atoms with Gasteiger partial charge in [0.05, 0.1) is 12.7 Å². The van der Waals surface area contributed by atoms with E-state index in [1.807, 2.05) is 20.8 Å². The fourth-order valence-corrected chi connectivity index (χ4v) is 3.62. The fraction of sp³-hybridized carbons (Fsp3) is 0.565. The summed E-state index contributed by atoms with van der Waals surface area (Å²) >= 11 is 0. The number of hydrogen-bond acceptors (Lipinski definition) is 7. The molecule has 0 atom stereocenters. The molecule has 1 amide bonds. The molecule has 1 aromatic carbocycles. The van der Waals surface area contributed by atoms with Crippen LogP contribution < -0.4 is 0 Å². The standard InChI is InChI=1S/C23H31N3O5/c1-23(2,3)30-22(28)26-14-12-16(13-15-26)6-5-7-19-24-20(31-25-19)17-8-10-18(11-9-17)21(27)29-4/h8-11,16H,5-7,12-15H2,1-4H3. The Hall–Kier alpha value is -2.90. The van der Waals surface area contributed by atoms with Crippen molar-refractivity contribution >= 4 is 12.1 Å². The highest BCUT2D eigenvalue weighted by atomic mass is 16.6. The van der Waals surface area contributed by atoms with Crippen LogP contribution >= 0.6 is 0 Å². The molecule has 0 unspecified atom stereocenters. The van der Waals surface area contributed by atoms with Crippen LogP contribution in [0, 0.1) is 5.92 Å². The van der Waals surface area contributed by atoms with Crippen LogP contribution in [0.5, 0.6) is 0 Å². The minimum atomic E-state index is -0.458. The molecule has 2 heterocycles. The Kier molecular flexibility index (Phi) is 7.30. The van der Waals surface area contributed by atoms with E-state index < -0.39 is 5.60 Å². The Balaban J connectivity index is 1.42. The molecule has 0 aliphatic carbocycles. The van der Waals surface area contributed by atoms with Crippen molar-refractivity contribution in [2.75, 3.05) is 20.2 Å². The molecule has 0 spiro atoms. The summed E-state index contributed by atoms with van der Waals surface area (Å²) in [5.41, 5.74) is 0.783. The molecule has 31 heavy (non-hydrogen) atoms. The van der Waals surface area contributed by atoms with Gasteiger partial charge in [0.25, 0.3) is 5.89 Å². The molecule has 1 saturated heterocycles. The molecule has 1 aliphatic heterocycles. The van der Waals surface area contributed by atoms with Crippen LogP contribution in [0.3, 0.4) is 0 Å². The number of carbonyl (C=O) groups excluding carboxylic acids is 2. The summed E-state index contributed by atoms with van der Waals surface area (Å²) < 4.78 is 15.5. The lowest BCUT2D eigenvalue weighted by molar-refractivity contribution is 0.0180. The van der Waals surface area contributed by atoms with E-state index in [4.69, 9.17) is 14.0 Å². The number of esters is 1. The quantitative estimate of drug-likeness (QED) is 0.624. The van der Waals surface area contributed by atoms with Crippen molar-refractivity contribution in [3.63, 3.8) is 0 Å². The number of hydrogen-bond donors (Lipinski definition) is 0. The zero-order valence-electron chi connectivity index (χ0n) is 18.7.